The number of hydrogen-bond donors (Lipinski definition) is 3. The maximum Gasteiger partial charge on any atom is 0.266 e. The number of H-pyrrole nitrogens is 1. The number of amides is 2. The fraction of sp³-hybridized carbons (Fsp3) is 0.250. The summed E-state index contributed by atoms with van der Waals surface area (Å²) in [6, 6.07) is 9.11. The van der Waals surface area contributed by atoms with E-state index in [-0.39, 0.29) is 36.9 Å². The number of carbonyl (C=O) groups is 2. The zero-order chi connectivity index (χ0) is 22.9. The van der Waals surface area contributed by atoms with E-state index in [9.17, 15) is 18.0 Å². The molecule has 1 unspecified atom stereocenters. The average molecular weight is 522 g/mol. The normalized spacial score (nSPS) is 17.3. The number of nitrogens with zero attached hydrogens (tertiary/aromatic N) is 2. The largest absolute Gasteiger partial charge is 0.378 e. The summed E-state index contributed by atoms with van der Waals surface area (Å²) in [4.78, 5) is 31.6. The van der Waals surface area contributed by atoms with Crippen molar-refractivity contribution in [3.05, 3.63) is 58.5 Å². The topological polar surface area (TPSA) is 147 Å². The first-order valence-electron chi connectivity index (χ1n) is 9.67. The lowest BCUT2D eigenvalue weighted by Gasteiger charge is -2.33. The lowest BCUT2D eigenvalue weighted by molar-refractivity contribution is -0.129. The van der Waals surface area contributed by atoms with Gasteiger partial charge in [0.1, 0.15) is 16.6 Å². The zero-order valence-corrected chi connectivity index (χ0v) is 19.1. The first-order chi connectivity index (χ1) is 15.3. The van der Waals surface area contributed by atoms with Crippen LogP contribution in [0.4, 0.5) is 0 Å². The third-order valence-electron chi connectivity index (χ3n) is 5.08. The van der Waals surface area contributed by atoms with Gasteiger partial charge in [0, 0.05) is 28.1 Å². The summed E-state index contributed by atoms with van der Waals surface area (Å²) in [5.41, 5.74) is 6.30. The average Bonchev–Trinajstić information content (AvgIpc) is 3.18. The second-order valence-electron chi connectivity index (χ2n) is 7.13. The van der Waals surface area contributed by atoms with Gasteiger partial charge in [-0.2, -0.15) is 4.31 Å². The molecule has 1 aliphatic rings. The van der Waals surface area contributed by atoms with Crippen LogP contribution >= 0.6 is 15.9 Å². The minimum atomic E-state index is -4.29. The summed E-state index contributed by atoms with van der Waals surface area (Å²) in [5, 5.41) is 3.00. The van der Waals surface area contributed by atoms with Crippen LogP contribution in [-0.2, 0) is 26.1 Å². The Hall–Kier alpha value is -2.80. The minimum absolute atomic E-state index is 0.0527. The van der Waals surface area contributed by atoms with Crippen molar-refractivity contribution in [1.82, 2.24) is 19.6 Å². The van der Waals surface area contributed by atoms with Gasteiger partial charge in [-0.05, 0) is 30.3 Å². The van der Waals surface area contributed by atoms with Crippen LogP contribution in [0.3, 0.4) is 0 Å². The van der Waals surface area contributed by atoms with E-state index >= 15 is 0 Å². The van der Waals surface area contributed by atoms with Gasteiger partial charge < -0.3 is 20.8 Å². The Labute approximate surface area is 192 Å². The number of ether oxygens (including phenoxy) is 1. The molecule has 1 aromatic carbocycles. The number of benzene rings is 1. The monoisotopic (exact) mass is 521 g/mol. The van der Waals surface area contributed by atoms with Crippen molar-refractivity contribution in [3.8, 4) is 0 Å². The molecule has 2 aromatic heterocycles. The van der Waals surface area contributed by atoms with Crippen LogP contribution in [0, 0.1) is 0 Å². The molecule has 1 fully saturated rings. The van der Waals surface area contributed by atoms with Gasteiger partial charge in [0.25, 0.3) is 5.91 Å². The van der Waals surface area contributed by atoms with E-state index in [2.05, 4.69) is 31.2 Å². The van der Waals surface area contributed by atoms with Crippen molar-refractivity contribution >= 4 is 48.7 Å². The summed E-state index contributed by atoms with van der Waals surface area (Å²) in [5.74, 6) is -1.44. The number of carbonyl (C=O) groups excluding carboxylic acids is 2. The molecule has 1 atom stereocenters. The Kier molecular flexibility index (Phi) is 6.29. The third-order valence-corrected chi connectivity index (χ3v) is 7.57. The van der Waals surface area contributed by atoms with Gasteiger partial charge in [-0.15, -0.1) is 0 Å². The van der Waals surface area contributed by atoms with Gasteiger partial charge in [-0.1, -0.05) is 22.0 Å². The number of primary amides is 1. The Bertz CT molecular complexity index is 1280. The van der Waals surface area contributed by atoms with Crippen molar-refractivity contribution in [2.45, 2.75) is 17.5 Å². The van der Waals surface area contributed by atoms with E-state index in [0.717, 1.165) is 4.31 Å². The van der Waals surface area contributed by atoms with Gasteiger partial charge in [-0.25, -0.2) is 8.42 Å². The minimum Gasteiger partial charge on any atom is -0.378 e. The molecule has 1 saturated heterocycles. The SMILES string of the molecule is NC(=O)c1[nH]c2ccc(Br)cc2c1S(=O)(=O)N1CCOCC1C(=O)NCc1ccccn1. The molecule has 0 radical (unpaired) electrons. The number of rotatable bonds is 6. The number of morpholine rings is 1. The van der Waals surface area contributed by atoms with E-state index < -0.39 is 27.9 Å². The van der Waals surface area contributed by atoms with Crippen molar-refractivity contribution in [2.75, 3.05) is 19.8 Å². The van der Waals surface area contributed by atoms with Crippen LogP contribution in [0.2, 0.25) is 0 Å². The Morgan fingerprint density at radius 3 is 2.84 bits per heavy atom. The maximum absolute atomic E-state index is 13.7. The smallest absolute Gasteiger partial charge is 0.266 e. The van der Waals surface area contributed by atoms with Gasteiger partial charge in [0.2, 0.25) is 15.9 Å². The van der Waals surface area contributed by atoms with Gasteiger partial charge >= 0.3 is 0 Å². The summed E-state index contributed by atoms with van der Waals surface area (Å²) in [6.07, 6.45) is 1.60. The molecule has 0 saturated carbocycles. The number of sulfonamides is 1. The number of halogens is 1. The van der Waals surface area contributed by atoms with Crippen LogP contribution in [0.25, 0.3) is 10.9 Å². The molecule has 10 nitrogen and oxygen atoms in total. The number of nitrogens with one attached hydrogen (secondary N) is 2. The molecular formula is C20H20BrN5O5S. The number of hydrogen-bond acceptors (Lipinski definition) is 6. The van der Waals surface area contributed by atoms with Crippen LogP contribution in [0.5, 0.6) is 0 Å². The van der Waals surface area contributed by atoms with Crippen molar-refractivity contribution in [1.29, 1.82) is 0 Å². The number of pyridine rings is 1. The summed E-state index contributed by atoms with van der Waals surface area (Å²) in [7, 11) is -4.29. The highest BCUT2D eigenvalue weighted by atomic mass is 79.9. The second-order valence-corrected chi connectivity index (χ2v) is 9.87. The van der Waals surface area contributed by atoms with Gasteiger partial charge in [-0.3, -0.25) is 14.6 Å². The van der Waals surface area contributed by atoms with Crippen LogP contribution in [0.1, 0.15) is 16.2 Å². The molecule has 2 amide bonds. The van der Waals surface area contributed by atoms with Crippen molar-refractivity contribution < 1.29 is 22.7 Å². The first kappa shape index (κ1) is 22.4. The highest BCUT2D eigenvalue weighted by Gasteiger charge is 2.41. The lowest BCUT2D eigenvalue weighted by Crippen LogP contribution is -2.55. The Balaban J connectivity index is 1.70. The van der Waals surface area contributed by atoms with E-state index in [1.54, 1.807) is 42.6 Å². The van der Waals surface area contributed by atoms with Crippen LogP contribution < -0.4 is 11.1 Å². The summed E-state index contributed by atoms with van der Waals surface area (Å²) < 4.78 is 34.5. The number of aromatic nitrogens is 2. The number of nitrogens with two attached hydrogens (primary N) is 1. The highest BCUT2D eigenvalue weighted by molar-refractivity contribution is 9.10. The molecule has 32 heavy (non-hydrogen) atoms. The molecule has 3 heterocycles. The van der Waals surface area contributed by atoms with Crippen molar-refractivity contribution in [3.63, 3.8) is 0 Å². The van der Waals surface area contributed by atoms with E-state index in [1.165, 1.54) is 0 Å². The predicted molar refractivity (Wildman–Crippen MR) is 119 cm³/mol. The van der Waals surface area contributed by atoms with Gasteiger partial charge in [0.05, 0.1) is 25.5 Å². The Morgan fingerprint density at radius 2 is 2.12 bits per heavy atom. The molecule has 4 N–H and O–H groups in total. The highest BCUT2D eigenvalue weighted by Crippen LogP contribution is 2.33. The van der Waals surface area contributed by atoms with Gasteiger partial charge in [0.15, 0.2) is 0 Å². The maximum atomic E-state index is 13.7. The molecule has 4 rings (SSSR count). The molecule has 12 heteroatoms. The zero-order valence-electron chi connectivity index (χ0n) is 16.7. The number of fused-ring (bicyclic) bond motifs is 1. The van der Waals surface area contributed by atoms with Crippen molar-refractivity contribution in [2.24, 2.45) is 5.73 Å². The van der Waals surface area contributed by atoms with Crippen LogP contribution in [-0.4, -0.2) is 60.3 Å². The molecule has 0 bridgehead atoms. The fourth-order valence-electron chi connectivity index (χ4n) is 3.58. The van der Waals surface area contributed by atoms with E-state index in [1.807, 2.05) is 0 Å². The summed E-state index contributed by atoms with van der Waals surface area (Å²) in [6.45, 7) is 0.0754. The van der Waals surface area contributed by atoms with E-state index in [4.69, 9.17) is 10.5 Å². The third kappa shape index (κ3) is 4.26. The molecule has 168 valence electrons. The standard InChI is InChI=1S/C20H20BrN5O5S/c21-12-4-5-15-14(9-12)18(17(25-15)19(22)27)32(29,30)26-7-8-31-11-16(26)20(28)24-10-13-3-1-2-6-23-13/h1-6,9,16,25H,7-8,10-11H2,(H2,22,27)(H,24,28). The fourth-order valence-corrected chi connectivity index (χ4v) is 5.84. The second kappa shape index (κ2) is 8.98. The predicted octanol–water partition coefficient (Wildman–Crippen LogP) is 1.13. The number of aromatic amines is 1. The van der Waals surface area contributed by atoms with E-state index in [0.29, 0.717) is 21.1 Å². The molecule has 1 aliphatic heterocycles. The first-order valence-corrected chi connectivity index (χ1v) is 11.9. The molecule has 0 aliphatic carbocycles. The molecular weight excluding hydrogens is 502 g/mol. The Morgan fingerprint density at radius 1 is 1.31 bits per heavy atom. The van der Waals surface area contributed by atoms with Crippen LogP contribution in [0.15, 0.2) is 52.0 Å². The molecule has 3 aromatic rings. The lowest BCUT2D eigenvalue weighted by atomic mass is 10.2. The summed E-state index contributed by atoms with van der Waals surface area (Å²) >= 11 is 3.32. The molecule has 0 spiro atoms. The quantitative estimate of drug-likeness (QED) is 0.442.